The number of nitrogens with one attached hydrogen (secondary N) is 2. The van der Waals surface area contributed by atoms with E-state index >= 15 is 0 Å². The Kier molecular flexibility index (Phi) is 14.5. The molecule has 0 aliphatic carbocycles. The molecule has 0 saturated carbocycles. The first-order valence-electron chi connectivity index (χ1n) is 9.90. The Morgan fingerprint density at radius 2 is 1.12 bits per heavy atom. The summed E-state index contributed by atoms with van der Waals surface area (Å²) in [5.74, 6) is -1.27. The van der Waals surface area contributed by atoms with Crippen molar-refractivity contribution in [2.24, 2.45) is 11.5 Å². The summed E-state index contributed by atoms with van der Waals surface area (Å²) in [7, 11) is 0. The van der Waals surface area contributed by atoms with E-state index in [9.17, 15) is 9.59 Å². The van der Waals surface area contributed by atoms with Gasteiger partial charge in [0.1, 0.15) is 35.9 Å². The number of nitrogens with two attached hydrogens (primary N) is 2. The molecule has 0 radical (unpaired) electrons. The predicted octanol–water partition coefficient (Wildman–Crippen LogP) is -2.07. The summed E-state index contributed by atoms with van der Waals surface area (Å²) in [6, 6.07) is 7.42. The number of nitriles is 4. The summed E-state index contributed by atoms with van der Waals surface area (Å²) in [5.41, 5.74) is 11.1. The zero-order valence-corrected chi connectivity index (χ0v) is 18.4. The van der Waals surface area contributed by atoms with Crippen molar-refractivity contribution in [3.8, 4) is 24.3 Å². The molecule has 0 atom stereocenters. The highest BCUT2D eigenvalue weighted by molar-refractivity contribution is 5.89. The van der Waals surface area contributed by atoms with Crippen molar-refractivity contribution in [3.05, 3.63) is 34.9 Å². The second-order valence-corrected chi connectivity index (χ2v) is 6.31. The van der Waals surface area contributed by atoms with Gasteiger partial charge >= 0.3 is 11.9 Å². The summed E-state index contributed by atoms with van der Waals surface area (Å²) < 4.78 is 0. The molecule has 2 aliphatic rings. The van der Waals surface area contributed by atoms with Gasteiger partial charge < -0.3 is 42.1 Å². The molecule has 34 heavy (non-hydrogen) atoms. The summed E-state index contributed by atoms with van der Waals surface area (Å²) in [6.45, 7) is 5.54. The van der Waals surface area contributed by atoms with E-state index in [0.29, 0.717) is 50.0 Å². The van der Waals surface area contributed by atoms with Gasteiger partial charge in [-0.2, -0.15) is 21.0 Å². The SMILES string of the molecule is N#CC(C#N)=C1NCCN1CCN.N#CC(C#N)=C1NCCN1CCN.O=C(O)/C=C/C(=O)O. The molecule has 2 fully saturated rings. The number of nitrogens with zero attached hydrogens (tertiary/aromatic N) is 6. The normalized spacial score (nSPS) is 13.5. The fourth-order valence-corrected chi connectivity index (χ4v) is 2.72. The molecule has 2 rings (SSSR count). The standard InChI is InChI=1S/2C8H11N5.C4H4O4/c2*9-1-3-13-4-2-12-8(13)7(5-10)6-11;5-3(6)1-2-4(7)8/h2*12H,1-4,9H2;1-2H,(H,5,6)(H,7,8)/b;;2-1+. The third-order valence-electron chi connectivity index (χ3n) is 4.07. The monoisotopic (exact) mass is 470 g/mol. The maximum absolute atomic E-state index is 9.55. The van der Waals surface area contributed by atoms with Crippen molar-refractivity contribution in [2.45, 2.75) is 0 Å². The van der Waals surface area contributed by atoms with Gasteiger partial charge in [0.05, 0.1) is 0 Å². The largest absolute Gasteiger partial charge is 0.478 e. The molecule has 0 bridgehead atoms. The van der Waals surface area contributed by atoms with Crippen LogP contribution < -0.4 is 22.1 Å². The van der Waals surface area contributed by atoms with Crippen LogP contribution in [0.5, 0.6) is 0 Å². The van der Waals surface area contributed by atoms with Gasteiger partial charge in [0.15, 0.2) is 11.1 Å². The van der Waals surface area contributed by atoms with Gasteiger partial charge in [0.2, 0.25) is 0 Å². The molecule has 2 saturated heterocycles. The molecule has 14 heteroatoms. The molecule has 0 amide bonds. The number of aliphatic carboxylic acids is 2. The second-order valence-electron chi connectivity index (χ2n) is 6.31. The molecule has 0 aromatic carbocycles. The van der Waals surface area contributed by atoms with Crippen molar-refractivity contribution in [2.75, 3.05) is 52.4 Å². The summed E-state index contributed by atoms with van der Waals surface area (Å²) in [5, 5.41) is 56.2. The van der Waals surface area contributed by atoms with E-state index in [0.717, 1.165) is 26.2 Å². The maximum atomic E-state index is 9.55. The van der Waals surface area contributed by atoms with E-state index < -0.39 is 11.9 Å². The minimum Gasteiger partial charge on any atom is -0.478 e. The van der Waals surface area contributed by atoms with Gasteiger partial charge in [-0.3, -0.25) is 0 Å². The Morgan fingerprint density at radius 3 is 1.35 bits per heavy atom. The van der Waals surface area contributed by atoms with Crippen molar-refractivity contribution in [1.82, 2.24) is 20.4 Å². The van der Waals surface area contributed by atoms with Gasteiger partial charge in [0, 0.05) is 64.5 Å². The average molecular weight is 470 g/mol. The molecule has 0 unspecified atom stereocenters. The number of hydrogen-bond acceptors (Lipinski definition) is 12. The van der Waals surface area contributed by atoms with Gasteiger partial charge in [-0.1, -0.05) is 0 Å². The molecular weight excluding hydrogens is 444 g/mol. The van der Waals surface area contributed by atoms with E-state index in [2.05, 4.69) is 10.6 Å². The number of carboxylic acid groups (broad SMARTS) is 2. The number of rotatable bonds is 6. The minimum absolute atomic E-state index is 0.131. The Balaban J connectivity index is 0.000000497. The summed E-state index contributed by atoms with van der Waals surface area (Å²) in [6.07, 6.45) is 1.12. The number of allylic oxidation sites excluding steroid dienone is 2. The van der Waals surface area contributed by atoms with Crippen LogP contribution in [0, 0.1) is 45.3 Å². The van der Waals surface area contributed by atoms with E-state index in [1.54, 1.807) is 0 Å². The van der Waals surface area contributed by atoms with Crippen LogP contribution in [0.2, 0.25) is 0 Å². The number of carboxylic acids is 2. The first kappa shape index (κ1) is 29.2. The Labute approximate surface area is 196 Å². The number of carbonyl (C=O) groups is 2. The van der Waals surface area contributed by atoms with Crippen LogP contribution in [-0.2, 0) is 9.59 Å². The first-order chi connectivity index (χ1) is 16.3. The van der Waals surface area contributed by atoms with E-state index in [1.807, 2.05) is 34.1 Å². The van der Waals surface area contributed by atoms with Crippen molar-refractivity contribution < 1.29 is 19.8 Å². The Bertz CT molecular complexity index is 865. The van der Waals surface area contributed by atoms with Crippen LogP contribution in [0.3, 0.4) is 0 Å². The molecule has 8 N–H and O–H groups in total. The molecule has 0 aromatic rings. The molecular formula is C20H26N10O4. The van der Waals surface area contributed by atoms with Gasteiger partial charge in [-0.15, -0.1) is 0 Å². The van der Waals surface area contributed by atoms with Gasteiger partial charge in [0.25, 0.3) is 0 Å². The molecule has 14 nitrogen and oxygen atoms in total. The smallest absolute Gasteiger partial charge is 0.328 e. The lowest BCUT2D eigenvalue weighted by Crippen LogP contribution is -2.27. The lowest BCUT2D eigenvalue weighted by Gasteiger charge is -2.16. The fraction of sp³-hybridized carbons (Fsp3) is 0.400. The van der Waals surface area contributed by atoms with Crippen LogP contribution in [-0.4, -0.2) is 84.3 Å². The third-order valence-corrected chi connectivity index (χ3v) is 4.07. The molecule has 0 spiro atoms. The predicted molar refractivity (Wildman–Crippen MR) is 118 cm³/mol. The zero-order valence-electron chi connectivity index (χ0n) is 18.4. The Morgan fingerprint density at radius 1 is 0.794 bits per heavy atom. The highest BCUT2D eigenvalue weighted by atomic mass is 16.4. The fourth-order valence-electron chi connectivity index (χ4n) is 2.72. The van der Waals surface area contributed by atoms with Crippen LogP contribution in [0.1, 0.15) is 0 Å². The van der Waals surface area contributed by atoms with Crippen LogP contribution in [0.25, 0.3) is 0 Å². The first-order valence-corrected chi connectivity index (χ1v) is 9.90. The van der Waals surface area contributed by atoms with Crippen LogP contribution in [0.15, 0.2) is 34.9 Å². The van der Waals surface area contributed by atoms with Crippen molar-refractivity contribution in [3.63, 3.8) is 0 Å². The van der Waals surface area contributed by atoms with Gasteiger partial charge in [-0.05, 0) is 0 Å². The topological polar surface area (TPSA) is 252 Å². The average Bonchev–Trinajstić information content (AvgIpc) is 3.46. The maximum Gasteiger partial charge on any atom is 0.328 e. The minimum atomic E-state index is -1.26. The molecule has 2 heterocycles. The quantitative estimate of drug-likeness (QED) is 0.180. The van der Waals surface area contributed by atoms with Crippen LogP contribution >= 0.6 is 0 Å². The molecule has 0 aromatic heterocycles. The molecule has 180 valence electrons. The van der Waals surface area contributed by atoms with Crippen molar-refractivity contribution in [1.29, 1.82) is 21.0 Å². The van der Waals surface area contributed by atoms with E-state index in [-0.39, 0.29) is 11.1 Å². The number of hydrogen-bond donors (Lipinski definition) is 6. The third kappa shape index (κ3) is 10.5. The van der Waals surface area contributed by atoms with Crippen LogP contribution in [0.4, 0.5) is 0 Å². The highest BCUT2D eigenvalue weighted by Gasteiger charge is 2.20. The van der Waals surface area contributed by atoms with E-state index in [1.165, 1.54) is 0 Å². The van der Waals surface area contributed by atoms with E-state index in [4.69, 9.17) is 42.7 Å². The second kappa shape index (κ2) is 16.9. The highest BCUT2D eigenvalue weighted by Crippen LogP contribution is 2.11. The van der Waals surface area contributed by atoms with Gasteiger partial charge in [-0.25, -0.2) is 9.59 Å². The lowest BCUT2D eigenvalue weighted by molar-refractivity contribution is -0.134. The summed E-state index contributed by atoms with van der Waals surface area (Å²) >= 11 is 0. The molecule has 2 aliphatic heterocycles. The zero-order chi connectivity index (χ0) is 25.9. The lowest BCUT2D eigenvalue weighted by atomic mass is 10.3. The Hall–Kier alpha value is -4.76. The summed E-state index contributed by atoms with van der Waals surface area (Å²) in [4.78, 5) is 22.9. The van der Waals surface area contributed by atoms with Crippen molar-refractivity contribution >= 4 is 11.9 Å².